The fourth-order valence-corrected chi connectivity index (χ4v) is 10.3. The van der Waals surface area contributed by atoms with E-state index in [1.807, 2.05) is 0 Å². The maximum atomic E-state index is 15.3. The van der Waals surface area contributed by atoms with Gasteiger partial charge in [-0.05, 0) is 72.8 Å². The summed E-state index contributed by atoms with van der Waals surface area (Å²) in [6, 6.07) is 32.2. The van der Waals surface area contributed by atoms with Gasteiger partial charge in [0.25, 0.3) is 70.9 Å². The van der Waals surface area contributed by atoms with Crippen LogP contribution >= 0.6 is 0 Å². The Morgan fingerprint density at radius 1 is 0.153 bits per heavy atom. The highest BCUT2D eigenvalue weighted by atomic mass is 16.2. The molecule has 18 heteroatoms. The molecule has 342 valence electrons. The van der Waals surface area contributed by atoms with Crippen LogP contribution in [0.4, 0.5) is 34.1 Å². The first-order valence-electron chi connectivity index (χ1n) is 21.9. The molecule has 0 fully saturated rings. The fraction of sp³-hybridized carbons (Fsp3) is 0. The third-order valence-corrected chi connectivity index (χ3v) is 13.5. The lowest BCUT2D eigenvalue weighted by molar-refractivity contribution is 0.0894. The van der Waals surface area contributed by atoms with E-state index in [4.69, 9.17) is 0 Å². The number of nitrogens with zero attached hydrogens (tertiary/aromatic N) is 6. The second-order valence-corrected chi connectivity index (χ2v) is 17.0. The lowest BCUT2D eigenvalue weighted by Crippen LogP contribution is -2.44. The number of anilines is 6. The zero-order valence-electron chi connectivity index (χ0n) is 36.4. The molecule has 0 aromatic heterocycles. The smallest absolute Gasteiger partial charge is 0.266 e. The van der Waals surface area contributed by atoms with Crippen LogP contribution in [0.3, 0.4) is 0 Å². The van der Waals surface area contributed by atoms with Crippen LogP contribution in [0.5, 0.6) is 0 Å². The molecule has 0 radical (unpaired) electrons. The van der Waals surface area contributed by atoms with Crippen molar-refractivity contribution in [2.24, 2.45) is 0 Å². The molecular formula is C54H24N6O12. The van der Waals surface area contributed by atoms with E-state index in [2.05, 4.69) is 0 Å². The van der Waals surface area contributed by atoms with Crippen molar-refractivity contribution in [1.29, 1.82) is 0 Å². The number of benzene rings is 7. The zero-order chi connectivity index (χ0) is 49.8. The van der Waals surface area contributed by atoms with Crippen LogP contribution in [-0.2, 0) is 0 Å². The Morgan fingerprint density at radius 2 is 0.236 bits per heavy atom. The quantitative estimate of drug-likeness (QED) is 0.163. The van der Waals surface area contributed by atoms with Crippen LogP contribution in [-0.4, -0.2) is 70.9 Å². The van der Waals surface area contributed by atoms with Gasteiger partial charge in [0.2, 0.25) is 0 Å². The van der Waals surface area contributed by atoms with Crippen molar-refractivity contribution in [1.82, 2.24) is 0 Å². The molecule has 7 aromatic rings. The highest BCUT2D eigenvalue weighted by Gasteiger charge is 2.57. The Morgan fingerprint density at radius 3 is 0.319 bits per heavy atom. The van der Waals surface area contributed by atoms with E-state index in [0.29, 0.717) is 29.4 Å². The first kappa shape index (κ1) is 41.6. The largest absolute Gasteiger partial charge is 0.268 e. The molecule has 6 aliphatic heterocycles. The predicted octanol–water partition coefficient (Wildman–Crippen LogP) is 6.49. The van der Waals surface area contributed by atoms with Gasteiger partial charge in [0.05, 0.1) is 66.8 Å². The average molecular weight is 949 g/mol. The summed E-state index contributed by atoms with van der Waals surface area (Å²) in [5.41, 5.74) is -9.67. The van der Waals surface area contributed by atoms with Gasteiger partial charge < -0.3 is 0 Å². The van der Waals surface area contributed by atoms with Gasteiger partial charge in [-0.1, -0.05) is 72.8 Å². The summed E-state index contributed by atoms with van der Waals surface area (Å²) >= 11 is 0. The van der Waals surface area contributed by atoms with Gasteiger partial charge >= 0.3 is 0 Å². The van der Waals surface area contributed by atoms with Crippen LogP contribution in [0.2, 0.25) is 0 Å². The number of rotatable bonds is 6. The van der Waals surface area contributed by atoms with Crippen LogP contribution in [0.15, 0.2) is 146 Å². The molecule has 18 nitrogen and oxygen atoms in total. The Kier molecular flexibility index (Phi) is 8.34. The number of carbonyl (C=O) groups excluding carboxylic acids is 12. The van der Waals surface area contributed by atoms with Crippen LogP contribution < -0.4 is 29.4 Å². The molecule has 7 aromatic carbocycles. The molecule has 0 saturated carbocycles. The third-order valence-electron chi connectivity index (χ3n) is 13.5. The molecule has 0 spiro atoms. The lowest BCUT2D eigenvalue weighted by atomic mass is 10.0. The average Bonchev–Trinajstić information content (AvgIpc) is 4.14. The van der Waals surface area contributed by atoms with Gasteiger partial charge in [-0.15, -0.1) is 0 Å². The van der Waals surface area contributed by atoms with E-state index in [1.54, 1.807) is 0 Å². The van der Waals surface area contributed by atoms with Crippen molar-refractivity contribution >= 4 is 105 Å². The van der Waals surface area contributed by atoms with Crippen LogP contribution in [0.1, 0.15) is 124 Å². The minimum absolute atomic E-state index is 0.280. The fourth-order valence-electron chi connectivity index (χ4n) is 10.3. The maximum Gasteiger partial charge on any atom is 0.266 e. The number of hydrogen-bond acceptors (Lipinski definition) is 12. The van der Waals surface area contributed by atoms with E-state index in [9.17, 15) is 0 Å². The molecule has 72 heavy (non-hydrogen) atoms. The summed E-state index contributed by atoms with van der Waals surface area (Å²) in [5.74, 6) is -14.5. The minimum Gasteiger partial charge on any atom is -0.268 e. The van der Waals surface area contributed by atoms with E-state index >= 15 is 57.5 Å². The normalized spacial score (nSPS) is 16.5. The van der Waals surface area contributed by atoms with Gasteiger partial charge in [0, 0.05) is 0 Å². The summed E-state index contributed by atoms with van der Waals surface area (Å²) in [6.07, 6.45) is 0. The van der Waals surface area contributed by atoms with Crippen molar-refractivity contribution in [3.8, 4) is 0 Å². The maximum absolute atomic E-state index is 15.3. The van der Waals surface area contributed by atoms with Crippen LogP contribution in [0.25, 0.3) is 0 Å². The molecule has 0 unspecified atom stereocenters. The Hall–Kier alpha value is -10.6. The van der Waals surface area contributed by atoms with Crippen molar-refractivity contribution < 1.29 is 57.5 Å². The molecule has 0 aliphatic carbocycles. The Labute approximate surface area is 403 Å². The van der Waals surface area contributed by atoms with Crippen molar-refractivity contribution in [3.05, 3.63) is 212 Å². The summed E-state index contributed by atoms with van der Waals surface area (Å²) in [5, 5.41) is 0. The number of hydrogen-bond donors (Lipinski definition) is 0. The highest BCUT2D eigenvalue weighted by molar-refractivity contribution is 6.51. The second-order valence-electron chi connectivity index (χ2n) is 17.0. The van der Waals surface area contributed by atoms with Gasteiger partial charge in [-0.3, -0.25) is 57.5 Å². The minimum atomic E-state index is -1.21. The van der Waals surface area contributed by atoms with Gasteiger partial charge in [0.1, 0.15) is 34.1 Å². The van der Waals surface area contributed by atoms with Gasteiger partial charge in [0.15, 0.2) is 0 Å². The van der Waals surface area contributed by atoms with E-state index in [0.717, 1.165) is 0 Å². The zero-order valence-corrected chi connectivity index (χ0v) is 36.4. The van der Waals surface area contributed by atoms with Crippen molar-refractivity contribution in [2.75, 3.05) is 29.4 Å². The van der Waals surface area contributed by atoms with E-state index in [1.165, 1.54) is 146 Å². The van der Waals surface area contributed by atoms with Gasteiger partial charge in [-0.2, -0.15) is 0 Å². The highest BCUT2D eigenvalue weighted by Crippen LogP contribution is 2.63. The van der Waals surface area contributed by atoms with E-state index in [-0.39, 0.29) is 66.8 Å². The molecule has 13 rings (SSSR count). The summed E-state index contributed by atoms with van der Waals surface area (Å²) in [6.45, 7) is 0. The molecule has 0 saturated heterocycles. The van der Waals surface area contributed by atoms with Gasteiger partial charge in [-0.25, -0.2) is 29.4 Å². The van der Waals surface area contributed by atoms with Crippen LogP contribution in [0, 0.1) is 0 Å². The summed E-state index contributed by atoms with van der Waals surface area (Å²) < 4.78 is 0. The topological polar surface area (TPSA) is 224 Å². The third kappa shape index (κ3) is 5.09. The molecule has 0 bridgehead atoms. The second kappa shape index (κ2) is 14.5. The number of amides is 12. The molecular weight excluding hydrogens is 925 g/mol. The number of carbonyl (C=O) groups is 12. The SMILES string of the molecule is O=C1c2ccccc2C(=O)N1c1c(N2C(=O)c3ccccc3C2=O)c(N2C(=O)c3ccccc3C2=O)c(N2C(=O)c3ccccc3C2=O)c(N2C(=O)c3ccccc3C2=O)c1N1C(=O)c2ccccc2C1=O. The standard InChI is InChI=1S/C54H24N6O12/c61-43-25-13-1-2-14-26(25)44(62)55(43)37-38(56-45(63)27-15-3-4-16-28(27)46(56)64)40(58-49(67)31-19-7-8-20-32(31)50(58)68)42(60-53(71)35-23-11-12-24-36(35)54(60)72)41(59-51(69)33-21-9-10-22-34(33)52(59)70)39(37)57-47(65)29-17-5-6-18-30(29)48(57)66/h1-24H. The first-order valence-corrected chi connectivity index (χ1v) is 21.9. The first-order chi connectivity index (χ1) is 34.8. The van der Waals surface area contributed by atoms with Crippen molar-refractivity contribution in [3.63, 3.8) is 0 Å². The van der Waals surface area contributed by atoms with Crippen molar-refractivity contribution in [2.45, 2.75) is 0 Å². The Balaban J connectivity index is 1.30. The van der Waals surface area contributed by atoms with E-state index < -0.39 is 105 Å². The molecule has 0 atom stereocenters. The number of fused-ring (bicyclic) bond motifs is 6. The molecule has 12 amide bonds. The predicted molar refractivity (Wildman–Crippen MR) is 252 cm³/mol. The summed E-state index contributed by atoms with van der Waals surface area (Å²) in [4.78, 5) is 186. The lowest BCUT2D eigenvalue weighted by Gasteiger charge is -2.38. The Bertz CT molecular complexity index is 3080. The monoisotopic (exact) mass is 948 g/mol. The molecule has 6 aliphatic rings. The molecule has 6 heterocycles. The molecule has 0 N–H and O–H groups in total. The number of imide groups is 6. The summed E-state index contributed by atoms with van der Waals surface area (Å²) in [7, 11) is 0.